The summed E-state index contributed by atoms with van der Waals surface area (Å²) in [7, 11) is 2.15. The van der Waals surface area contributed by atoms with E-state index in [0.717, 1.165) is 55.0 Å². The van der Waals surface area contributed by atoms with E-state index in [0.29, 0.717) is 5.69 Å². The van der Waals surface area contributed by atoms with Gasteiger partial charge < -0.3 is 19.4 Å². The average Bonchev–Trinajstić information content (AvgIpc) is 3.16. The number of fused-ring (bicyclic) bond motifs is 2. The first kappa shape index (κ1) is 18.2. The van der Waals surface area contributed by atoms with Crippen molar-refractivity contribution in [1.29, 1.82) is 0 Å². The lowest BCUT2D eigenvalue weighted by molar-refractivity contribution is -0.0196. The second kappa shape index (κ2) is 6.88. The van der Waals surface area contributed by atoms with Gasteiger partial charge in [0, 0.05) is 37.0 Å². The summed E-state index contributed by atoms with van der Waals surface area (Å²) in [4.78, 5) is 19.9. The largest absolute Gasteiger partial charge is 0.487 e. The van der Waals surface area contributed by atoms with E-state index in [1.54, 1.807) is 0 Å². The number of amides is 1. The standard InChI is InChI=1S/C23H26N4O2/c1-16-6-5-9-21-24-19(15-27(16)21)22(28)25-18-14-23(10-12-26(2)13-11-23)29-20-8-4-3-7-17(18)20/h3-9,15,18H,10-14H2,1-2H3,(H,25,28). The number of nitrogens with zero attached hydrogens (tertiary/aromatic N) is 3. The Hall–Kier alpha value is -2.86. The van der Waals surface area contributed by atoms with Gasteiger partial charge in [-0.2, -0.15) is 0 Å². The summed E-state index contributed by atoms with van der Waals surface area (Å²) < 4.78 is 8.44. The Morgan fingerprint density at radius 2 is 1.97 bits per heavy atom. The van der Waals surface area contributed by atoms with Gasteiger partial charge in [0.15, 0.2) is 0 Å². The molecule has 5 rings (SSSR count). The zero-order valence-electron chi connectivity index (χ0n) is 16.9. The molecule has 0 radical (unpaired) electrons. The van der Waals surface area contributed by atoms with Crippen LogP contribution >= 0.6 is 0 Å². The van der Waals surface area contributed by atoms with Gasteiger partial charge in [0.1, 0.15) is 22.7 Å². The highest BCUT2D eigenvalue weighted by Crippen LogP contribution is 2.44. The summed E-state index contributed by atoms with van der Waals surface area (Å²) in [6.45, 7) is 4.03. The number of aryl methyl sites for hydroxylation is 1. The van der Waals surface area contributed by atoms with Crippen LogP contribution in [-0.2, 0) is 0 Å². The molecule has 0 aliphatic carbocycles. The molecule has 1 fully saturated rings. The fraction of sp³-hybridized carbons (Fsp3) is 0.391. The molecule has 0 saturated carbocycles. The predicted octanol–water partition coefficient (Wildman–Crippen LogP) is 3.36. The lowest BCUT2D eigenvalue weighted by Crippen LogP contribution is -2.51. The van der Waals surface area contributed by atoms with Crippen molar-refractivity contribution in [1.82, 2.24) is 19.6 Å². The van der Waals surface area contributed by atoms with Crippen LogP contribution < -0.4 is 10.1 Å². The number of likely N-dealkylation sites (tertiary alicyclic amines) is 1. The number of benzene rings is 1. The first-order valence-electron chi connectivity index (χ1n) is 10.3. The third-order valence-corrected chi connectivity index (χ3v) is 6.33. The zero-order chi connectivity index (χ0) is 20.0. The Balaban J connectivity index is 1.44. The number of hydrogen-bond acceptors (Lipinski definition) is 4. The minimum absolute atomic E-state index is 0.0817. The molecule has 2 aromatic heterocycles. The summed E-state index contributed by atoms with van der Waals surface area (Å²) >= 11 is 0. The quantitative estimate of drug-likeness (QED) is 0.729. The number of piperidine rings is 1. The number of aromatic nitrogens is 2. The van der Waals surface area contributed by atoms with Crippen molar-refractivity contribution in [2.75, 3.05) is 20.1 Å². The van der Waals surface area contributed by atoms with Crippen molar-refractivity contribution in [3.8, 4) is 5.75 Å². The number of carbonyl (C=O) groups excluding carboxylic acids is 1. The van der Waals surface area contributed by atoms with Crippen LogP contribution in [0.5, 0.6) is 5.75 Å². The molecule has 1 spiro atoms. The minimum atomic E-state index is -0.214. The van der Waals surface area contributed by atoms with Crippen LogP contribution in [0.15, 0.2) is 48.7 Å². The molecule has 1 unspecified atom stereocenters. The van der Waals surface area contributed by atoms with E-state index >= 15 is 0 Å². The number of nitrogens with one attached hydrogen (secondary N) is 1. The maximum Gasteiger partial charge on any atom is 0.271 e. The molecule has 1 amide bonds. The molecule has 2 aliphatic rings. The molecular weight excluding hydrogens is 364 g/mol. The summed E-state index contributed by atoms with van der Waals surface area (Å²) in [6, 6.07) is 13.9. The first-order valence-corrected chi connectivity index (χ1v) is 10.3. The smallest absolute Gasteiger partial charge is 0.271 e. The summed E-state index contributed by atoms with van der Waals surface area (Å²) in [5.41, 5.74) is 3.12. The molecule has 6 nitrogen and oxygen atoms in total. The number of carbonyl (C=O) groups is 1. The maximum atomic E-state index is 13.1. The molecule has 1 atom stereocenters. The molecule has 3 aromatic rings. The normalized spacial score (nSPS) is 21.0. The predicted molar refractivity (Wildman–Crippen MR) is 111 cm³/mol. The van der Waals surface area contributed by atoms with Gasteiger partial charge in [-0.3, -0.25) is 4.79 Å². The van der Waals surface area contributed by atoms with Gasteiger partial charge in [0.05, 0.1) is 6.04 Å². The Labute approximate surface area is 170 Å². The van der Waals surface area contributed by atoms with E-state index in [2.05, 4.69) is 28.3 Å². The number of pyridine rings is 1. The van der Waals surface area contributed by atoms with Crippen LogP contribution in [0.4, 0.5) is 0 Å². The van der Waals surface area contributed by atoms with E-state index in [1.165, 1.54) is 0 Å². The van der Waals surface area contributed by atoms with Gasteiger partial charge in [0.25, 0.3) is 5.91 Å². The molecule has 1 aromatic carbocycles. The van der Waals surface area contributed by atoms with E-state index in [9.17, 15) is 4.79 Å². The van der Waals surface area contributed by atoms with Crippen molar-refractivity contribution < 1.29 is 9.53 Å². The van der Waals surface area contributed by atoms with Crippen LogP contribution in [0, 0.1) is 6.92 Å². The van der Waals surface area contributed by atoms with Crippen molar-refractivity contribution >= 4 is 11.6 Å². The first-order chi connectivity index (χ1) is 14.0. The number of rotatable bonds is 2. The number of imidazole rings is 1. The molecule has 0 bridgehead atoms. The molecule has 150 valence electrons. The van der Waals surface area contributed by atoms with Crippen LogP contribution in [0.2, 0.25) is 0 Å². The van der Waals surface area contributed by atoms with Crippen LogP contribution in [0.3, 0.4) is 0 Å². The fourth-order valence-electron chi connectivity index (χ4n) is 4.57. The average molecular weight is 390 g/mol. The van der Waals surface area contributed by atoms with Crippen molar-refractivity contribution in [2.24, 2.45) is 0 Å². The molecular formula is C23H26N4O2. The highest BCUT2D eigenvalue weighted by molar-refractivity contribution is 5.93. The lowest BCUT2D eigenvalue weighted by atomic mass is 9.80. The molecule has 4 heterocycles. The Bertz CT molecular complexity index is 1070. The highest BCUT2D eigenvalue weighted by atomic mass is 16.5. The van der Waals surface area contributed by atoms with Gasteiger partial charge in [-0.15, -0.1) is 0 Å². The van der Waals surface area contributed by atoms with Crippen LogP contribution in [-0.4, -0.2) is 45.9 Å². The lowest BCUT2D eigenvalue weighted by Gasteiger charge is -2.46. The summed E-state index contributed by atoms with van der Waals surface area (Å²) in [6.07, 6.45) is 4.54. The maximum absolute atomic E-state index is 13.1. The van der Waals surface area contributed by atoms with E-state index in [-0.39, 0.29) is 17.6 Å². The molecule has 6 heteroatoms. The van der Waals surface area contributed by atoms with Gasteiger partial charge in [-0.05, 0) is 45.0 Å². The second-order valence-electron chi connectivity index (χ2n) is 8.38. The second-order valence-corrected chi connectivity index (χ2v) is 8.38. The Kier molecular flexibility index (Phi) is 4.32. The molecule has 2 aliphatic heterocycles. The highest BCUT2D eigenvalue weighted by Gasteiger charge is 2.43. The van der Waals surface area contributed by atoms with Crippen molar-refractivity contribution in [3.05, 3.63) is 65.6 Å². The van der Waals surface area contributed by atoms with Crippen molar-refractivity contribution in [3.63, 3.8) is 0 Å². The number of hydrogen-bond donors (Lipinski definition) is 1. The Morgan fingerprint density at radius 3 is 2.76 bits per heavy atom. The van der Waals surface area contributed by atoms with Gasteiger partial charge in [-0.1, -0.05) is 24.3 Å². The van der Waals surface area contributed by atoms with Crippen LogP contribution in [0.25, 0.3) is 5.65 Å². The molecule has 29 heavy (non-hydrogen) atoms. The van der Waals surface area contributed by atoms with Crippen molar-refractivity contribution in [2.45, 2.75) is 37.8 Å². The van der Waals surface area contributed by atoms with Gasteiger partial charge in [-0.25, -0.2) is 4.98 Å². The SMILES string of the molecule is Cc1cccc2nc(C(=O)NC3CC4(CCN(C)CC4)Oc4ccccc43)cn12. The molecule has 1 saturated heterocycles. The fourth-order valence-corrected chi connectivity index (χ4v) is 4.57. The minimum Gasteiger partial charge on any atom is -0.487 e. The van der Waals surface area contributed by atoms with E-state index in [4.69, 9.17) is 4.74 Å². The summed E-state index contributed by atoms with van der Waals surface area (Å²) in [5.74, 6) is 0.748. The van der Waals surface area contributed by atoms with Gasteiger partial charge >= 0.3 is 0 Å². The van der Waals surface area contributed by atoms with Gasteiger partial charge in [0.2, 0.25) is 0 Å². The van der Waals surface area contributed by atoms with E-state index in [1.807, 2.05) is 53.9 Å². The molecule has 1 N–H and O–H groups in total. The third kappa shape index (κ3) is 3.27. The third-order valence-electron chi connectivity index (χ3n) is 6.33. The van der Waals surface area contributed by atoms with Crippen LogP contribution in [0.1, 0.15) is 47.1 Å². The number of para-hydroxylation sites is 1. The van der Waals surface area contributed by atoms with E-state index < -0.39 is 0 Å². The topological polar surface area (TPSA) is 58.9 Å². The Morgan fingerprint density at radius 1 is 1.17 bits per heavy atom. The monoisotopic (exact) mass is 390 g/mol. The summed E-state index contributed by atoms with van der Waals surface area (Å²) in [5, 5.41) is 3.25. The zero-order valence-corrected chi connectivity index (χ0v) is 16.9. The number of ether oxygens (including phenoxy) is 1.